The maximum atomic E-state index is 13.2. The molecule has 2 fully saturated rings. The number of fused-ring (bicyclic) bond motifs is 1. The van der Waals surface area contributed by atoms with Crippen LogP contribution in [0.4, 0.5) is 11.5 Å². The van der Waals surface area contributed by atoms with E-state index >= 15 is 0 Å². The van der Waals surface area contributed by atoms with Crippen LogP contribution in [-0.2, 0) is 0 Å². The van der Waals surface area contributed by atoms with Crippen molar-refractivity contribution in [3.8, 4) is 6.07 Å². The first-order valence-corrected chi connectivity index (χ1v) is 12.6. The number of hydrogen-bond acceptors (Lipinski definition) is 5. The average molecular weight is 473 g/mol. The van der Waals surface area contributed by atoms with Crippen molar-refractivity contribution in [2.45, 2.75) is 70.4 Å². The minimum atomic E-state index is -0.222. The van der Waals surface area contributed by atoms with Crippen molar-refractivity contribution in [1.29, 1.82) is 5.26 Å². The van der Waals surface area contributed by atoms with E-state index in [1.54, 1.807) is 6.20 Å². The summed E-state index contributed by atoms with van der Waals surface area (Å²) in [6.07, 6.45) is 9.88. The van der Waals surface area contributed by atoms with Crippen molar-refractivity contribution in [3.05, 3.63) is 51.9 Å². The van der Waals surface area contributed by atoms with Gasteiger partial charge in [0, 0.05) is 30.5 Å². The number of benzene rings is 1. The lowest BCUT2D eigenvalue weighted by atomic mass is 9.94. The van der Waals surface area contributed by atoms with E-state index in [9.17, 15) is 14.9 Å². The molecule has 5 rings (SSSR count). The summed E-state index contributed by atoms with van der Waals surface area (Å²) in [6, 6.07) is 10.0. The number of aryl methyl sites for hydroxylation is 1. The van der Waals surface area contributed by atoms with Crippen LogP contribution in [0.3, 0.4) is 0 Å². The molecule has 0 radical (unpaired) electrons. The number of anilines is 2. The van der Waals surface area contributed by atoms with Gasteiger partial charge in [-0.1, -0.05) is 19.3 Å². The van der Waals surface area contributed by atoms with Gasteiger partial charge in [-0.3, -0.25) is 14.3 Å². The number of pyridine rings is 1. The molecule has 1 amide bonds. The molecule has 1 aromatic carbocycles. The Kier molecular flexibility index (Phi) is 6.33. The predicted molar refractivity (Wildman–Crippen MR) is 136 cm³/mol. The van der Waals surface area contributed by atoms with Crippen LogP contribution in [0.15, 0.2) is 35.3 Å². The summed E-state index contributed by atoms with van der Waals surface area (Å²) in [5.74, 6) is 0.928. The maximum Gasteiger partial charge on any atom is 0.261 e. The van der Waals surface area contributed by atoms with E-state index in [1.807, 2.05) is 47.8 Å². The molecule has 2 aromatic heterocycles. The van der Waals surface area contributed by atoms with E-state index < -0.39 is 0 Å². The van der Waals surface area contributed by atoms with Gasteiger partial charge in [0.05, 0.1) is 24.0 Å². The van der Waals surface area contributed by atoms with Gasteiger partial charge in [0.25, 0.3) is 11.5 Å². The SMILES string of the molecule is Cc1cc(Nc2nn([C@@H](CC#N)C3CC3)c3cc[nH]c(=O)c23)ccc1C(=O)N(C)C1CCCCC1. The third-order valence-electron chi connectivity index (χ3n) is 7.57. The molecule has 0 bridgehead atoms. The summed E-state index contributed by atoms with van der Waals surface area (Å²) in [5.41, 5.74) is 2.83. The Hall–Kier alpha value is -3.60. The molecule has 2 saturated carbocycles. The Balaban J connectivity index is 1.43. The van der Waals surface area contributed by atoms with Gasteiger partial charge >= 0.3 is 0 Å². The second-order valence-electron chi connectivity index (χ2n) is 9.99. The molecule has 0 spiro atoms. The number of carbonyl (C=O) groups excluding carboxylic acids is 1. The van der Waals surface area contributed by atoms with Crippen molar-refractivity contribution in [2.24, 2.45) is 5.92 Å². The molecule has 2 aliphatic rings. The van der Waals surface area contributed by atoms with Gasteiger partial charge in [-0.2, -0.15) is 10.4 Å². The van der Waals surface area contributed by atoms with Crippen molar-refractivity contribution in [1.82, 2.24) is 19.7 Å². The van der Waals surface area contributed by atoms with Crippen LogP contribution >= 0.6 is 0 Å². The van der Waals surface area contributed by atoms with E-state index in [1.165, 1.54) is 19.3 Å². The molecule has 2 heterocycles. The Labute approximate surface area is 204 Å². The Morgan fingerprint density at radius 2 is 2.03 bits per heavy atom. The third kappa shape index (κ3) is 4.55. The van der Waals surface area contributed by atoms with E-state index in [0.717, 1.165) is 42.5 Å². The molecule has 0 aliphatic heterocycles. The molecule has 8 nitrogen and oxygen atoms in total. The van der Waals surface area contributed by atoms with Crippen molar-refractivity contribution in [3.63, 3.8) is 0 Å². The van der Waals surface area contributed by atoms with Crippen molar-refractivity contribution >= 4 is 28.3 Å². The number of rotatable bonds is 7. The summed E-state index contributed by atoms with van der Waals surface area (Å²) >= 11 is 0. The van der Waals surface area contributed by atoms with Crippen LogP contribution in [0, 0.1) is 24.2 Å². The highest BCUT2D eigenvalue weighted by molar-refractivity contribution is 5.96. The molecule has 2 N–H and O–H groups in total. The third-order valence-corrected chi connectivity index (χ3v) is 7.57. The van der Waals surface area contributed by atoms with Crippen LogP contribution in [0.5, 0.6) is 0 Å². The number of aromatic nitrogens is 3. The number of carbonyl (C=O) groups is 1. The predicted octanol–water partition coefficient (Wildman–Crippen LogP) is 5.05. The highest BCUT2D eigenvalue weighted by Gasteiger charge is 2.34. The Morgan fingerprint density at radius 1 is 1.26 bits per heavy atom. The molecule has 182 valence electrons. The fourth-order valence-electron chi connectivity index (χ4n) is 5.41. The lowest BCUT2D eigenvalue weighted by molar-refractivity contribution is 0.0695. The smallest absolute Gasteiger partial charge is 0.261 e. The van der Waals surface area contributed by atoms with Crippen molar-refractivity contribution in [2.75, 3.05) is 12.4 Å². The number of aromatic amines is 1. The van der Waals surface area contributed by atoms with Gasteiger partial charge in [-0.15, -0.1) is 0 Å². The molecule has 8 heteroatoms. The molecule has 3 aromatic rings. The molecule has 2 aliphatic carbocycles. The van der Waals surface area contributed by atoms with Crippen LogP contribution in [-0.4, -0.2) is 38.7 Å². The van der Waals surface area contributed by atoms with E-state index in [2.05, 4.69) is 16.4 Å². The van der Waals surface area contributed by atoms with E-state index in [4.69, 9.17) is 5.10 Å². The number of nitrogens with zero attached hydrogens (tertiary/aromatic N) is 4. The van der Waals surface area contributed by atoms with Crippen LogP contribution in [0.25, 0.3) is 10.9 Å². The van der Waals surface area contributed by atoms with Gasteiger partial charge < -0.3 is 15.2 Å². The van der Waals surface area contributed by atoms with E-state index in [-0.39, 0.29) is 17.5 Å². The fraction of sp³-hybridized carbons (Fsp3) is 0.481. The largest absolute Gasteiger partial charge is 0.339 e. The van der Waals surface area contributed by atoms with E-state index in [0.29, 0.717) is 35.1 Å². The zero-order chi connectivity index (χ0) is 24.5. The maximum absolute atomic E-state index is 13.2. The highest BCUT2D eigenvalue weighted by atomic mass is 16.2. The van der Waals surface area contributed by atoms with Crippen molar-refractivity contribution < 1.29 is 4.79 Å². The first-order valence-electron chi connectivity index (χ1n) is 12.6. The average Bonchev–Trinajstić information content (AvgIpc) is 3.64. The monoisotopic (exact) mass is 472 g/mol. The highest BCUT2D eigenvalue weighted by Crippen LogP contribution is 2.43. The minimum absolute atomic E-state index is 0.0445. The Bertz CT molecular complexity index is 1340. The summed E-state index contributed by atoms with van der Waals surface area (Å²) in [6.45, 7) is 1.94. The molecule has 1 atom stereocenters. The van der Waals surface area contributed by atoms with Crippen LogP contribution < -0.4 is 10.9 Å². The second kappa shape index (κ2) is 9.57. The second-order valence-corrected chi connectivity index (χ2v) is 9.99. The summed E-state index contributed by atoms with van der Waals surface area (Å²) in [5, 5.41) is 17.9. The molecule has 35 heavy (non-hydrogen) atoms. The van der Waals surface area contributed by atoms with Crippen LogP contribution in [0.2, 0.25) is 0 Å². The number of nitrogens with one attached hydrogen (secondary N) is 2. The molecule has 0 saturated heterocycles. The summed E-state index contributed by atoms with van der Waals surface area (Å²) in [4.78, 5) is 30.6. The first-order chi connectivity index (χ1) is 17.0. The zero-order valence-electron chi connectivity index (χ0n) is 20.4. The summed E-state index contributed by atoms with van der Waals surface area (Å²) in [7, 11) is 1.91. The van der Waals surface area contributed by atoms with Crippen LogP contribution in [0.1, 0.15) is 73.3 Å². The lowest BCUT2D eigenvalue weighted by Crippen LogP contribution is -2.38. The van der Waals surface area contributed by atoms with Gasteiger partial charge in [0.2, 0.25) is 0 Å². The number of amides is 1. The lowest BCUT2D eigenvalue weighted by Gasteiger charge is -2.31. The molecular weight excluding hydrogens is 440 g/mol. The molecular formula is C27H32N6O2. The number of H-pyrrole nitrogens is 1. The van der Waals surface area contributed by atoms with Gasteiger partial charge in [0.1, 0.15) is 5.39 Å². The van der Waals surface area contributed by atoms with Gasteiger partial charge in [-0.25, -0.2) is 0 Å². The number of nitriles is 1. The normalized spacial score (nSPS) is 17.2. The summed E-state index contributed by atoms with van der Waals surface area (Å²) < 4.78 is 1.84. The van der Waals surface area contributed by atoms with Gasteiger partial charge in [-0.05, 0) is 68.4 Å². The topological polar surface area (TPSA) is 107 Å². The Morgan fingerprint density at radius 3 is 2.71 bits per heavy atom. The first kappa shape index (κ1) is 23.2. The fourth-order valence-corrected chi connectivity index (χ4v) is 5.41. The standard InChI is InChI=1S/C27H32N6O2/c1-17-16-19(10-11-21(17)27(35)32(2)20-6-4-3-5-7-20)30-25-24-23(13-15-29-26(24)34)33(31-25)22(12-14-28)18-8-9-18/h10-11,13,15-16,18,20,22H,3-9,12H2,1-2H3,(H,29,34)(H,30,31)/t22-/m0/s1. The van der Waals surface area contributed by atoms with Gasteiger partial charge in [0.15, 0.2) is 5.82 Å². The minimum Gasteiger partial charge on any atom is -0.339 e. The number of hydrogen-bond donors (Lipinski definition) is 2. The quantitative estimate of drug-likeness (QED) is 0.501. The zero-order valence-corrected chi connectivity index (χ0v) is 20.4. The molecule has 0 unspecified atom stereocenters.